The number of ether oxygens (including phenoxy) is 1. The van der Waals surface area contributed by atoms with Crippen molar-refractivity contribution in [1.82, 2.24) is 9.97 Å². The van der Waals surface area contributed by atoms with E-state index in [0.29, 0.717) is 23.5 Å². The number of methoxy groups -OCH3 is 1. The van der Waals surface area contributed by atoms with Crippen molar-refractivity contribution in [3.05, 3.63) is 6.20 Å². The highest BCUT2D eigenvalue weighted by Gasteiger charge is 2.14. The molecule has 1 rings (SSSR count). The Labute approximate surface area is 109 Å². The van der Waals surface area contributed by atoms with E-state index in [2.05, 4.69) is 36.1 Å². The highest BCUT2D eigenvalue weighted by molar-refractivity contribution is 5.51. The normalized spacial score (nSPS) is 12.5. The van der Waals surface area contributed by atoms with Crippen molar-refractivity contribution in [2.45, 2.75) is 46.1 Å². The number of nitrogen functional groups attached to an aromatic ring is 1. The predicted octanol–water partition coefficient (Wildman–Crippen LogP) is 2.69. The molecule has 1 heterocycles. The Hall–Kier alpha value is -1.52. The molecule has 18 heavy (non-hydrogen) atoms. The van der Waals surface area contributed by atoms with Crippen molar-refractivity contribution in [3.8, 4) is 5.75 Å². The molecule has 0 aliphatic heterocycles. The maximum Gasteiger partial charge on any atom is 0.222 e. The minimum atomic E-state index is 0.262. The zero-order valence-corrected chi connectivity index (χ0v) is 11.7. The van der Waals surface area contributed by atoms with Crippen LogP contribution in [0.25, 0.3) is 0 Å². The van der Waals surface area contributed by atoms with E-state index in [0.717, 1.165) is 19.3 Å². The average Bonchev–Trinajstić information content (AvgIpc) is 2.28. The van der Waals surface area contributed by atoms with Gasteiger partial charge in [0.1, 0.15) is 0 Å². The fourth-order valence-corrected chi connectivity index (χ4v) is 2.00. The standard InChI is InChI=1S/C13H24N4O/c1-5-6-10(7-9(2)3)16-12-11(18-4)8-15-13(14)17-12/h8-10H,5-7H2,1-4H3,(H3,14,15,16,17)/t10-/m1/s1. The van der Waals surface area contributed by atoms with Crippen molar-refractivity contribution >= 4 is 11.8 Å². The molecule has 0 aliphatic rings. The van der Waals surface area contributed by atoms with Gasteiger partial charge in [0.25, 0.3) is 0 Å². The number of rotatable bonds is 7. The summed E-state index contributed by atoms with van der Waals surface area (Å²) in [5, 5.41) is 3.42. The first-order chi connectivity index (χ1) is 8.56. The fraction of sp³-hybridized carbons (Fsp3) is 0.692. The number of nitrogens with zero attached hydrogens (tertiary/aromatic N) is 2. The third-order valence-electron chi connectivity index (χ3n) is 2.73. The molecule has 0 bridgehead atoms. The van der Waals surface area contributed by atoms with E-state index in [9.17, 15) is 0 Å². The average molecular weight is 252 g/mol. The van der Waals surface area contributed by atoms with Crippen LogP contribution in [0, 0.1) is 5.92 Å². The summed E-state index contributed by atoms with van der Waals surface area (Å²) in [6.07, 6.45) is 4.93. The van der Waals surface area contributed by atoms with E-state index in [4.69, 9.17) is 10.5 Å². The third-order valence-corrected chi connectivity index (χ3v) is 2.73. The second-order valence-corrected chi connectivity index (χ2v) is 4.90. The Bertz CT molecular complexity index is 368. The van der Waals surface area contributed by atoms with Crippen LogP contribution in [-0.2, 0) is 0 Å². The molecule has 1 aromatic rings. The summed E-state index contributed by atoms with van der Waals surface area (Å²) in [5.74, 6) is 2.22. The summed E-state index contributed by atoms with van der Waals surface area (Å²) in [7, 11) is 1.61. The summed E-state index contributed by atoms with van der Waals surface area (Å²) in [6, 6.07) is 0.387. The first kappa shape index (κ1) is 14.5. The molecule has 0 aromatic carbocycles. The molecular formula is C13H24N4O. The molecule has 0 radical (unpaired) electrons. The Morgan fingerprint density at radius 1 is 1.44 bits per heavy atom. The topological polar surface area (TPSA) is 73.1 Å². The summed E-state index contributed by atoms with van der Waals surface area (Å²) >= 11 is 0. The van der Waals surface area contributed by atoms with Gasteiger partial charge in [-0.15, -0.1) is 0 Å². The summed E-state index contributed by atoms with van der Waals surface area (Å²) in [5.41, 5.74) is 5.62. The quantitative estimate of drug-likeness (QED) is 0.780. The zero-order chi connectivity index (χ0) is 13.5. The maximum absolute atomic E-state index is 5.62. The SMILES string of the molecule is CCC[C@H](CC(C)C)Nc1nc(N)ncc1OC. The number of anilines is 2. The van der Waals surface area contributed by atoms with Crippen LogP contribution in [0.15, 0.2) is 6.20 Å². The van der Waals surface area contributed by atoms with Gasteiger partial charge in [0, 0.05) is 6.04 Å². The Morgan fingerprint density at radius 2 is 2.17 bits per heavy atom. The molecule has 0 saturated heterocycles. The molecule has 3 N–H and O–H groups in total. The molecule has 5 nitrogen and oxygen atoms in total. The third kappa shape index (κ3) is 4.39. The molecule has 5 heteroatoms. The second-order valence-electron chi connectivity index (χ2n) is 4.90. The lowest BCUT2D eigenvalue weighted by molar-refractivity contribution is 0.410. The smallest absolute Gasteiger partial charge is 0.222 e. The molecule has 0 spiro atoms. The van der Waals surface area contributed by atoms with E-state index < -0.39 is 0 Å². The molecule has 0 saturated carbocycles. The van der Waals surface area contributed by atoms with Gasteiger partial charge < -0.3 is 15.8 Å². The molecule has 102 valence electrons. The summed E-state index contributed by atoms with van der Waals surface area (Å²) in [4.78, 5) is 8.13. The van der Waals surface area contributed by atoms with Crippen molar-refractivity contribution < 1.29 is 4.74 Å². The second kappa shape index (κ2) is 7.03. The number of hydrogen-bond acceptors (Lipinski definition) is 5. The Morgan fingerprint density at radius 3 is 2.72 bits per heavy atom. The highest BCUT2D eigenvalue weighted by atomic mass is 16.5. The van der Waals surface area contributed by atoms with Gasteiger partial charge in [-0.3, -0.25) is 0 Å². The van der Waals surface area contributed by atoms with Gasteiger partial charge >= 0.3 is 0 Å². The van der Waals surface area contributed by atoms with Gasteiger partial charge in [-0.1, -0.05) is 27.2 Å². The van der Waals surface area contributed by atoms with Crippen LogP contribution in [0.4, 0.5) is 11.8 Å². The molecule has 0 aliphatic carbocycles. The molecule has 0 unspecified atom stereocenters. The van der Waals surface area contributed by atoms with Gasteiger partial charge in [-0.25, -0.2) is 4.98 Å². The van der Waals surface area contributed by atoms with Crippen molar-refractivity contribution in [2.75, 3.05) is 18.2 Å². The van der Waals surface area contributed by atoms with Crippen molar-refractivity contribution in [3.63, 3.8) is 0 Å². The van der Waals surface area contributed by atoms with Crippen LogP contribution in [0.2, 0.25) is 0 Å². The molecular weight excluding hydrogens is 228 g/mol. The molecule has 0 amide bonds. The van der Waals surface area contributed by atoms with Crippen molar-refractivity contribution in [2.24, 2.45) is 5.92 Å². The van der Waals surface area contributed by atoms with E-state index in [1.165, 1.54) is 0 Å². The van der Waals surface area contributed by atoms with E-state index in [1.54, 1.807) is 13.3 Å². The largest absolute Gasteiger partial charge is 0.491 e. The number of nitrogens with two attached hydrogens (primary N) is 1. The van der Waals surface area contributed by atoms with E-state index in [1.807, 2.05) is 0 Å². The van der Waals surface area contributed by atoms with Crippen LogP contribution in [0.3, 0.4) is 0 Å². The monoisotopic (exact) mass is 252 g/mol. The van der Waals surface area contributed by atoms with Gasteiger partial charge in [0.15, 0.2) is 11.6 Å². The van der Waals surface area contributed by atoms with E-state index >= 15 is 0 Å². The maximum atomic E-state index is 5.62. The van der Waals surface area contributed by atoms with Crippen LogP contribution < -0.4 is 15.8 Å². The van der Waals surface area contributed by atoms with Crippen LogP contribution in [0.1, 0.15) is 40.0 Å². The van der Waals surface area contributed by atoms with Gasteiger partial charge in [-0.05, 0) is 18.8 Å². The van der Waals surface area contributed by atoms with Gasteiger partial charge in [0.2, 0.25) is 5.95 Å². The number of aromatic nitrogens is 2. The predicted molar refractivity (Wildman–Crippen MR) is 74.8 cm³/mol. The fourth-order valence-electron chi connectivity index (χ4n) is 2.00. The van der Waals surface area contributed by atoms with Crippen LogP contribution in [-0.4, -0.2) is 23.1 Å². The Kier molecular flexibility index (Phi) is 5.68. The zero-order valence-electron chi connectivity index (χ0n) is 11.7. The van der Waals surface area contributed by atoms with Crippen molar-refractivity contribution in [1.29, 1.82) is 0 Å². The lowest BCUT2D eigenvalue weighted by atomic mass is 10.00. The molecule has 1 aromatic heterocycles. The first-order valence-corrected chi connectivity index (χ1v) is 6.49. The lowest BCUT2D eigenvalue weighted by Gasteiger charge is -2.21. The van der Waals surface area contributed by atoms with Crippen LogP contribution in [0.5, 0.6) is 5.75 Å². The van der Waals surface area contributed by atoms with Crippen LogP contribution >= 0.6 is 0 Å². The molecule has 1 atom stereocenters. The summed E-state index contributed by atoms with van der Waals surface area (Å²) < 4.78 is 5.24. The molecule has 0 fully saturated rings. The minimum absolute atomic E-state index is 0.262. The first-order valence-electron chi connectivity index (χ1n) is 6.49. The summed E-state index contributed by atoms with van der Waals surface area (Å²) in [6.45, 7) is 6.62. The lowest BCUT2D eigenvalue weighted by Crippen LogP contribution is -2.22. The van der Waals surface area contributed by atoms with Gasteiger partial charge in [-0.2, -0.15) is 4.98 Å². The van der Waals surface area contributed by atoms with Gasteiger partial charge in [0.05, 0.1) is 13.3 Å². The highest BCUT2D eigenvalue weighted by Crippen LogP contribution is 2.24. The minimum Gasteiger partial charge on any atom is -0.491 e. The number of nitrogens with one attached hydrogen (secondary N) is 1. The number of hydrogen-bond donors (Lipinski definition) is 2. The Balaban J connectivity index is 2.81. The van der Waals surface area contributed by atoms with E-state index in [-0.39, 0.29) is 5.95 Å².